The average Bonchev–Trinajstić information content (AvgIpc) is 3.01. The smallest absolute Gasteiger partial charge is 0.295 e. The molecule has 0 saturated carbocycles. The number of aromatic nitrogens is 2. The van der Waals surface area contributed by atoms with Gasteiger partial charge in [0.25, 0.3) is 11.6 Å². The van der Waals surface area contributed by atoms with Crippen molar-refractivity contribution < 1.29 is 14.5 Å². The molecule has 1 aliphatic rings. The molecule has 0 unspecified atom stereocenters. The highest BCUT2D eigenvalue weighted by molar-refractivity contribution is 6.00. The fourth-order valence-corrected chi connectivity index (χ4v) is 4.09. The van der Waals surface area contributed by atoms with Crippen LogP contribution in [0.3, 0.4) is 0 Å². The highest BCUT2D eigenvalue weighted by Gasteiger charge is 2.37. The van der Waals surface area contributed by atoms with E-state index in [1.165, 1.54) is 6.07 Å². The lowest BCUT2D eigenvalue weighted by Crippen LogP contribution is -2.28. The maximum atomic E-state index is 13.0. The number of benzene rings is 1. The number of fused-ring (bicyclic) bond motifs is 1. The Hall–Kier alpha value is -3.03. The van der Waals surface area contributed by atoms with Crippen molar-refractivity contribution in [3.8, 4) is 5.69 Å². The van der Waals surface area contributed by atoms with Crippen molar-refractivity contribution >= 4 is 17.4 Å². The number of ketones is 1. The van der Waals surface area contributed by atoms with Crippen LogP contribution in [0.1, 0.15) is 79.6 Å². The number of hydrogen-bond donors (Lipinski definition) is 1. The van der Waals surface area contributed by atoms with E-state index in [2.05, 4.69) is 24.3 Å². The van der Waals surface area contributed by atoms with Crippen LogP contribution in [-0.2, 0) is 12.8 Å². The fraction of sp³-hybridized carbons (Fsp3) is 0.522. The molecule has 0 fully saturated rings. The first-order chi connectivity index (χ1) is 14.5. The Balaban J connectivity index is 2.17. The molecule has 1 heterocycles. The molecule has 1 N–H and O–H groups in total. The van der Waals surface area contributed by atoms with Gasteiger partial charge in [0, 0.05) is 24.6 Å². The second-order valence-electron chi connectivity index (χ2n) is 9.44. The summed E-state index contributed by atoms with van der Waals surface area (Å²) in [6.45, 7) is 10.6. The molecule has 0 aliphatic heterocycles. The molecule has 31 heavy (non-hydrogen) atoms. The molecule has 3 rings (SSSR count). The van der Waals surface area contributed by atoms with Crippen LogP contribution in [0.25, 0.3) is 5.69 Å². The van der Waals surface area contributed by atoms with E-state index in [0.29, 0.717) is 42.8 Å². The van der Waals surface area contributed by atoms with Gasteiger partial charge in [0.05, 0.1) is 21.9 Å². The summed E-state index contributed by atoms with van der Waals surface area (Å²) in [6, 6.07) is 4.41. The quantitative estimate of drug-likeness (QED) is 0.525. The van der Waals surface area contributed by atoms with E-state index in [-0.39, 0.29) is 40.0 Å². The Morgan fingerprint density at radius 2 is 2.03 bits per heavy atom. The van der Waals surface area contributed by atoms with E-state index in [1.807, 2.05) is 20.8 Å². The van der Waals surface area contributed by atoms with Crippen LogP contribution in [0.15, 0.2) is 18.2 Å². The number of amides is 1. The lowest BCUT2D eigenvalue weighted by molar-refractivity contribution is -0.384. The first-order valence-corrected chi connectivity index (χ1v) is 10.7. The van der Waals surface area contributed by atoms with Crippen molar-refractivity contribution in [2.24, 2.45) is 11.3 Å². The number of nitrogens with one attached hydrogen (secondary N) is 1. The van der Waals surface area contributed by atoms with Gasteiger partial charge < -0.3 is 5.32 Å². The molecule has 8 heteroatoms. The summed E-state index contributed by atoms with van der Waals surface area (Å²) in [6.07, 6.45) is 2.41. The maximum absolute atomic E-state index is 13.0. The van der Waals surface area contributed by atoms with Crippen LogP contribution in [0.4, 0.5) is 5.69 Å². The van der Waals surface area contributed by atoms with Gasteiger partial charge in [-0.1, -0.05) is 34.6 Å². The van der Waals surface area contributed by atoms with Crippen molar-refractivity contribution in [1.29, 1.82) is 0 Å². The summed E-state index contributed by atoms with van der Waals surface area (Å²) in [5.41, 5.74) is 2.03. The molecule has 166 valence electrons. The highest BCUT2D eigenvalue weighted by atomic mass is 16.6. The minimum atomic E-state index is -0.502. The minimum Gasteiger partial charge on any atom is -0.352 e. The summed E-state index contributed by atoms with van der Waals surface area (Å²) in [7, 11) is 0. The number of carbonyl (C=O) groups is 2. The monoisotopic (exact) mass is 426 g/mol. The van der Waals surface area contributed by atoms with Gasteiger partial charge in [-0.2, -0.15) is 5.10 Å². The van der Waals surface area contributed by atoms with E-state index in [1.54, 1.807) is 16.8 Å². The van der Waals surface area contributed by atoms with Gasteiger partial charge in [-0.25, -0.2) is 4.68 Å². The van der Waals surface area contributed by atoms with Crippen LogP contribution in [-0.4, -0.2) is 32.9 Å². The lowest BCUT2D eigenvalue weighted by Gasteiger charge is -2.29. The maximum Gasteiger partial charge on any atom is 0.295 e. The lowest BCUT2D eigenvalue weighted by atomic mass is 9.75. The van der Waals surface area contributed by atoms with Crippen LogP contribution in [0, 0.1) is 21.4 Å². The number of nitrogens with zero attached hydrogens (tertiary/aromatic N) is 3. The summed E-state index contributed by atoms with van der Waals surface area (Å²) < 4.78 is 1.55. The zero-order valence-corrected chi connectivity index (χ0v) is 18.8. The van der Waals surface area contributed by atoms with Crippen molar-refractivity contribution in [2.45, 2.75) is 60.3 Å². The average molecular weight is 427 g/mol. The Bertz CT molecular complexity index is 1040. The molecule has 2 aromatic rings. The highest BCUT2D eigenvalue weighted by Crippen LogP contribution is 2.39. The van der Waals surface area contributed by atoms with Gasteiger partial charge in [-0.05, 0) is 42.7 Å². The Morgan fingerprint density at radius 3 is 2.65 bits per heavy atom. The second-order valence-corrected chi connectivity index (χ2v) is 9.44. The zero-order chi connectivity index (χ0) is 22.9. The number of nitro groups is 1. The molecule has 8 nitrogen and oxygen atoms in total. The Kier molecular flexibility index (Phi) is 6.29. The predicted molar refractivity (Wildman–Crippen MR) is 118 cm³/mol. The second kappa shape index (κ2) is 8.61. The third kappa shape index (κ3) is 4.68. The van der Waals surface area contributed by atoms with E-state index >= 15 is 0 Å². The van der Waals surface area contributed by atoms with Crippen molar-refractivity contribution in [2.75, 3.05) is 6.54 Å². The first kappa shape index (κ1) is 22.7. The third-order valence-corrected chi connectivity index (χ3v) is 5.42. The molecule has 0 bridgehead atoms. The third-order valence-electron chi connectivity index (χ3n) is 5.42. The van der Waals surface area contributed by atoms with Crippen LogP contribution < -0.4 is 5.32 Å². The van der Waals surface area contributed by atoms with Gasteiger partial charge in [0.2, 0.25) is 0 Å². The van der Waals surface area contributed by atoms with E-state index < -0.39 is 4.92 Å². The molecule has 1 aromatic carbocycles. The molecule has 1 aromatic heterocycles. The molecular weight excluding hydrogens is 396 g/mol. The van der Waals surface area contributed by atoms with Gasteiger partial charge >= 0.3 is 0 Å². The van der Waals surface area contributed by atoms with Gasteiger partial charge in [0.15, 0.2) is 5.78 Å². The number of rotatable bonds is 7. The van der Waals surface area contributed by atoms with Gasteiger partial charge in [-0.3, -0.25) is 19.7 Å². The largest absolute Gasteiger partial charge is 0.352 e. The van der Waals surface area contributed by atoms with E-state index in [4.69, 9.17) is 0 Å². The molecular formula is C23H30N4O4. The topological polar surface area (TPSA) is 107 Å². The van der Waals surface area contributed by atoms with Crippen molar-refractivity contribution in [3.05, 3.63) is 50.8 Å². The van der Waals surface area contributed by atoms with Crippen LogP contribution in [0.2, 0.25) is 0 Å². The van der Waals surface area contributed by atoms with E-state index in [0.717, 1.165) is 6.42 Å². The SMILES string of the molecule is CCCNC(=O)c1ccc(-n2nc(CC(C)C)c3c2CC(C)(C)CC3=O)c([N+](=O)[O-])c1. The molecule has 0 saturated heterocycles. The normalized spacial score (nSPS) is 15.1. The molecule has 1 aliphatic carbocycles. The number of Topliss-reactive ketones (excluding diaryl/α,β-unsaturated/α-hetero) is 1. The van der Waals surface area contributed by atoms with Crippen molar-refractivity contribution in [3.63, 3.8) is 0 Å². The van der Waals surface area contributed by atoms with Gasteiger partial charge in [-0.15, -0.1) is 0 Å². The summed E-state index contributed by atoms with van der Waals surface area (Å²) in [5, 5.41) is 19.3. The van der Waals surface area contributed by atoms with Crippen molar-refractivity contribution in [1.82, 2.24) is 15.1 Å². The van der Waals surface area contributed by atoms with Crippen LogP contribution in [0.5, 0.6) is 0 Å². The Morgan fingerprint density at radius 1 is 1.32 bits per heavy atom. The molecule has 0 spiro atoms. The molecule has 0 radical (unpaired) electrons. The van der Waals surface area contributed by atoms with Gasteiger partial charge in [0.1, 0.15) is 5.69 Å². The first-order valence-electron chi connectivity index (χ1n) is 10.7. The molecule has 0 atom stereocenters. The molecule has 1 amide bonds. The van der Waals surface area contributed by atoms with E-state index in [9.17, 15) is 19.7 Å². The van der Waals surface area contributed by atoms with Crippen LogP contribution >= 0.6 is 0 Å². The predicted octanol–water partition coefficient (Wildman–Crippen LogP) is 4.27. The standard InChI is InChI=1S/C23H30N4O4/c1-6-9-24-22(29)15-7-8-17(18(11-15)27(30)31)26-19-12-23(4,5)13-20(28)21(19)16(25-26)10-14(2)3/h7-8,11,14H,6,9-10,12-13H2,1-5H3,(H,24,29). The summed E-state index contributed by atoms with van der Waals surface area (Å²) in [4.78, 5) is 36.7. The summed E-state index contributed by atoms with van der Waals surface area (Å²) >= 11 is 0. The zero-order valence-electron chi connectivity index (χ0n) is 18.8. The Labute approximate surface area is 182 Å². The fourth-order valence-electron chi connectivity index (χ4n) is 4.09. The minimum absolute atomic E-state index is 0.0337. The number of hydrogen-bond acceptors (Lipinski definition) is 5. The number of nitro benzene ring substituents is 1. The number of carbonyl (C=O) groups excluding carboxylic acids is 2. The summed E-state index contributed by atoms with van der Waals surface area (Å²) in [5.74, 6) is -0.0306.